The summed E-state index contributed by atoms with van der Waals surface area (Å²) >= 11 is 1.27. The number of thioether (sulfide) groups is 1. The second-order valence-electron chi connectivity index (χ2n) is 5.52. The average molecular weight is 351 g/mol. The molecule has 5 heteroatoms. The van der Waals surface area contributed by atoms with Crippen LogP contribution >= 0.6 is 11.8 Å². The molecule has 126 valence electrons. The quantitative estimate of drug-likeness (QED) is 0.564. The van der Waals surface area contributed by atoms with E-state index in [1.165, 1.54) is 16.3 Å². The Hall–Kier alpha value is -2.79. The van der Waals surface area contributed by atoms with Gasteiger partial charge in [-0.05, 0) is 11.8 Å². The maximum atomic E-state index is 12.9. The molecule has 4 nitrogen and oxygen atoms in total. The summed E-state index contributed by atoms with van der Waals surface area (Å²) in [6.45, 7) is 0.338. The number of pyridine rings is 1. The van der Waals surface area contributed by atoms with Crippen molar-refractivity contribution in [2.75, 3.05) is 6.26 Å². The molecule has 3 rings (SSSR count). The highest BCUT2D eigenvalue weighted by Gasteiger charge is 2.22. The summed E-state index contributed by atoms with van der Waals surface area (Å²) in [7, 11) is 0. The fourth-order valence-electron chi connectivity index (χ4n) is 2.69. The third-order valence-corrected chi connectivity index (χ3v) is 4.69. The van der Waals surface area contributed by atoms with Gasteiger partial charge in [0.1, 0.15) is 5.75 Å². The first-order chi connectivity index (χ1) is 12.1. The topological polar surface area (TPSA) is 59.3 Å². The fourth-order valence-corrected chi connectivity index (χ4v) is 3.46. The smallest absolute Gasteiger partial charge is 0.255 e. The minimum atomic E-state index is -0.338. The number of ketones is 1. The van der Waals surface area contributed by atoms with Gasteiger partial charge < -0.3 is 5.11 Å². The highest BCUT2D eigenvalue weighted by molar-refractivity contribution is 7.98. The lowest BCUT2D eigenvalue weighted by Crippen LogP contribution is -2.24. The lowest BCUT2D eigenvalue weighted by Gasteiger charge is -2.16. The largest absolute Gasteiger partial charge is 0.507 e. The van der Waals surface area contributed by atoms with Crippen LogP contribution < -0.4 is 5.56 Å². The van der Waals surface area contributed by atoms with Crippen molar-refractivity contribution in [2.45, 2.75) is 11.6 Å². The molecule has 0 atom stereocenters. The molecule has 0 aliphatic rings. The molecule has 0 radical (unpaired) electrons. The highest BCUT2D eigenvalue weighted by atomic mass is 32.2. The van der Waals surface area contributed by atoms with E-state index in [1.54, 1.807) is 30.5 Å². The molecule has 0 aliphatic heterocycles. The van der Waals surface area contributed by atoms with Gasteiger partial charge in [0.25, 0.3) is 5.56 Å². The van der Waals surface area contributed by atoms with Crippen LogP contribution in [0.4, 0.5) is 0 Å². The fraction of sp³-hybridized carbons (Fsp3) is 0.100. The summed E-state index contributed by atoms with van der Waals surface area (Å²) in [6.07, 6.45) is 1.79. The van der Waals surface area contributed by atoms with Gasteiger partial charge in [-0.3, -0.25) is 14.2 Å². The van der Waals surface area contributed by atoms with Crippen LogP contribution in [0.15, 0.2) is 76.6 Å². The molecule has 1 aromatic heterocycles. The van der Waals surface area contributed by atoms with E-state index in [2.05, 4.69) is 0 Å². The van der Waals surface area contributed by atoms with Crippen LogP contribution in [-0.2, 0) is 6.54 Å². The van der Waals surface area contributed by atoms with E-state index in [-0.39, 0.29) is 22.7 Å². The molecule has 2 aromatic carbocycles. The van der Waals surface area contributed by atoms with Crippen LogP contribution in [0.3, 0.4) is 0 Å². The van der Waals surface area contributed by atoms with E-state index in [1.807, 2.05) is 36.4 Å². The number of rotatable bonds is 5. The second-order valence-corrected chi connectivity index (χ2v) is 6.31. The summed E-state index contributed by atoms with van der Waals surface area (Å²) in [5.74, 6) is -0.586. The normalized spacial score (nSPS) is 10.6. The van der Waals surface area contributed by atoms with E-state index in [9.17, 15) is 14.7 Å². The van der Waals surface area contributed by atoms with E-state index >= 15 is 0 Å². The molecule has 0 saturated carbocycles. The Balaban J connectivity index is 2.14. The Kier molecular flexibility index (Phi) is 5.05. The van der Waals surface area contributed by atoms with Crippen molar-refractivity contribution in [2.24, 2.45) is 0 Å². The summed E-state index contributed by atoms with van der Waals surface area (Å²) in [4.78, 5) is 25.3. The first-order valence-electron chi connectivity index (χ1n) is 7.76. The minimum Gasteiger partial charge on any atom is -0.507 e. The summed E-state index contributed by atoms with van der Waals surface area (Å²) in [5, 5.41) is 10.7. The van der Waals surface area contributed by atoms with Gasteiger partial charge in [0, 0.05) is 11.6 Å². The Morgan fingerprint density at radius 3 is 2.24 bits per heavy atom. The number of aromatic hydroxyl groups is 1. The zero-order valence-corrected chi connectivity index (χ0v) is 14.5. The van der Waals surface area contributed by atoms with Crippen molar-refractivity contribution < 1.29 is 9.90 Å². The van der Waals surface area contributed by atoms with Crippen LogP contribution in [0.5, 0.6) is 5.75 Å². The molecule has 0 fully saturated rings. The number of benzene rings is 2. The average Bonchev–Trinajstić information content (AvgIpc) is 2.64. The Bertz CT molecular complexity index is 950. The van der Waals surface area contributed by atoms with Gasteiger partial charge in [-0.25, -0.2) is 0 Å². The Morgan fingerprint density at radius 1 is 1.04 bits per heavy atom. The molecule has 0 spiro atoms. The molecular formula is C20H17NO3S. The molecule has 0 saturated heterocycles. The molecule has 0 aliphatic carbocycles. The summed E-state index contributed by atoms with van der Waals surface area (Å²) in [5.41, 5.74) is 1.24. The molecule has 0 bridgehead atoms. The van der Waals surface area contributed by atoms with Gasteiger partial charge >= 0.3 is 0 Å². The molecule has 25 heavy (non-hydrogen) atoms. The summed E-state index contributed by atoms with van der Waals surface area (Å²) < 4.78 is 1.52. The first-order valence-corrected chi connectivity index (χ1v) is 8.98. The third kappa shape index (κ3) is 3.51. The number of hydrogen-bond donors (Lipinski definition) is 1. The van der Waals surface area contributed by atoms with Crippen molar-refractivity contribution in [3.05, 3.63) is 93.8 Å². The van der Waals surface area contributed by atoms with Crippen molar-refractivity contribution >= 4 is 17.5 Å². The SMILES string of the molecule is CSc1c(C(=O)c2ccccc2)c(O)cc(=O)n1Cc1ccccc1. The van der Waals surface area contributed by atoms with Crippen molar-refractivity contribution in [1.82, 2.24) is 4.57 Å². The van der Waals surface area contributed by atoms with Gasteiger partial charge in [0.05, 0.1) is 17.1 Å². The first kappa shape index (κ1) is 17.0. The minimum absolute atomic E-state index is 0.161. The van der Waals surface area contributed by atoms with E-state index < -0.39 is 0 Å². The maximum Gasteiger partial charge on any atom is 0.255 e. The highest BCUT2D eigenvalue weighted by Crippen LogP contribution is 2.29. The molecular weight excluding hydrogens is 334 g/mol. The van der Waals surface area contributed by atoms with Gasteiger partial charge in [0.15, 0.2) is 5.78 Å². The number of nitrogens with zero attached hydrogens (tertiary/aromatic N) is 1. The summed E-state index contributed by atoms with van der Waals surface area (Å²) in [6, 6.07) is 19.4. The maximum absolute atomic E-state index is 12.9. The van der Waals surface area contributed by atoms with Crippen molar-refractivity contribution in [3.8, 4) is 5.75 Å². The van der Waals surface area contributed by atoms with Gasteiger partial charge in [-0.15, -0.1) is 11.8 Å². The van der Waals surface area contributed by atoms with Crippen LogP contribution in [0.25, 0.3) is 0 Å². The Morgan fingerprint density at radius 2 is 1.64 bits per heavy atom. The van der Waals surface area contributed by atoms with E-state index in [4.69, 9.17) is 0 Å². The molecule has 3 aromatic rings. The number of carbonyl (C=O) groups is 1. The Labute approximate surface area is 149 Å². The monoisotopic (exact) mass is 351 g/mol. The zero-order chi connectivity index (χ0) is 17.8. The van der Waals surface area contributed by atoms with Crippen molar-refractivity contribution in [3.63, 3.8) is 0 Å². The second kappa shape index (κ2) is 7.40. The van der Waals surface area contributed by atoms with E-state index in [0.717, 1.165) is 11.6 Å². The standard InChI is InChI=1S/C20H17NO3S/c1-25-20-18(19(24)15-10-6-3-7-11-15)16(22)12-17(23)21(20)13-14-8-4-2-5-9-14/h2-12,22H,13H2,1H3. The molecule has 0 unspecified atom stereocenters. The van der Waals surface area contributed by atoms with Crippen molar-refractivity contribution in [1.29, 1.82) is 0 Å². The van der Waals surface area contributed by atoms with Crippen LogP contribution in [-0.4, -0.2) is 21.7 Å². The number of carbonyl (C=O) groups excluding carboxylic acids is 1. The zero-order valence-electron chi connectivity index (χ0n) is 13.7. The van der Waals surface area contributed by atoms with Crippen LogP contribution in [0.1, 0.15) is 21.5 Å². The molecule has 0 amide bonds. The van der Waals surface area contributed by atoms with E-state index in [0.29, 0.717) is 17.1 Å². The van der Waals surface area contributed by atoms with Crippen LogP contribution in [0.2, 0.25) is 0 Å². The molecule has 1 N–H and O–H groups in total. The van der Waals surface area contributed by atoms with Gasteiger partial charge in [-0.2, -0.15) is 0 Å². The lowest BCUT2D eigenvalue weighted by atomic mass is 10.0. The van der Waals surface area contributed by atoms with Gasteiger partial charge in [-0.1, -0.05) is 60.7 Å². The predicted molar refractivity (Wildman–Crippen MR) is 99.6 cm³/mol. The lowest BCUT2D eigenvalue weighted by molar-refractivity contribution is 0.103. The molecule has 1 heterocycles. The predicted octanol–water partition coefficient (Wildman–Crippen LogP) is 3.56. The number of hydrogen-bond acceptors (Lipinski definition) is 4. The third-order valence-electron chi connectivity index (χ3n) is 3.88. The van der Waals surface area contributed by atoms with Crippen LogP contribution in [0, 0.1) is 0 Å². The number of aromatic nitrogens is 1. The van der Waals surface area contributed by atoms with Gasteiger partial charge in [0.2, 0.25) is 0 Å².